The number of hydrogen-bond acceptors (Lipinski definition) is 5. The van der Waals surface area contributed by atoms with Crippen LogP contribution in [0.5, 0.6) is 5.75 Å². The Labute approximate surface area is 191 Å². The fraction of sp³-hybridized carbons (Fsp3) is 0.320. The molecule has 1 aromatic heterocycles. The predicted molar refractivity (Wildman–Crippen MR) is 127 cm³/mol. The number of anilines is 1. The van der Waals surface area contributed by atoms with Gasteiger partial charge in [0.2, 0.25) is 11.8 Å². The number of aromatic hydroxyl groups is 1. The lowest BCUT2D eigenvalue weighted by molar-refractivity contribution is -0.133. The molecule has 2 heterocycles. The number of likely N-dealkylation sites (tertiary alicyclic amines) is 1. The molecule has 1 aliphatic rings. The first-order chi connectivity index (χ1) is 15.5. The Morgan fingerprint density at radius 1 is 1.12 bits per heavy atom. The number of benzene rings is 2. The van der Waals surface area contributed by atoms with E-state index < -0.39 is 0 Å². The Morgan fingerprint density at radius 2 is 1.84 bits per heavy atom. The van der Waals surface area contributed by atoms with Crippen LogP contribution in [0.25, 0.3) is 10.6 Å². The van der Waals surface area contributed by atoms with E-state index in [9.17, 15) is 14.7 Å². The van der Waals surface area contributed by atoms with Crippen molar-refractivity contribution in [2.75, 3.05) is 18.4 Å². The standard InChI is InChI=1S/C25H27N3O3S/c1-2-17-7-9-19(10-8-17)25-26-20(16-32-25)15-23(30)28-13-11-18(12-14-28)24(31)27-21-5-3-4-6-22(21)29/h3-10,16,18,29H,2,11-15H2,1H3,(H,27,31). The van der Waals surface area contributed by atoms with Crippen molar-refractivity contribution in [3.63, 3.8) is 0 Å². The van der Waals surface area contributed by atoms with E-state index in [1.54, 1.807) is 35.6 Å². The second kappa shape index (κ2) is 9.96. The number of nitrogens with zero attached hydrogens (tertiary/aromatic N) is 2. The Balaban J connectivity index is 1.29. The predicted octanol–water partition coefficient (Wildman–Crippen LogP) is 4.50. The molecule has 0 saturated carbocycles. The lowest BCUT2D eigenvalue weighted by Gasteiger charge is -2.31. The summed E-state index contributed by atoms with van der Waals surface area (Å²) >= 11 is 1.56. The zero-order chi connectivity index (χ0) is 22.5. The molecule has 32 heavy (non-hydrogen) atoms. The van der Waals surface area contributed by atoms with Crippen molar-refractivity contribution < 1.29 is 14.7 Å². The number of hydrogen-bond donors (Lipinski definition) is 2. The van der Waals surface area contributed by atoms with E-state index in [1.807, 2.05) is 10.3 Å². The van der Waals surface area contributed by atoms with E-state index in [0.717, 1.165) is 22.7 Å². The molecule has 0 atom stereocenters. The number of aromatic nitrogens is 1. The Bertz CT molecular complexity index is 1090. The number of amides is 2. The number of thiazole rings is 1. The maximum absolute atomic E-state index is 12.8. The highest BCUT2D eigenvalue weighted by atomic mass is 32.1. The van der Waals surface area contributed by atoms with E-state index in [-0.39, 0.29) is 29.9 Å². The highest BCUT2D eigenvalue weighted by Crippen LogP contribution is 2.27. The summed E-state index contributed by atoms with van der Waals surface area (Å²) in [7, 11) is 0. The lowest BCUT2D eigenvalue weighted by atomic mass is 9.95. The number of phenolic OH excluding ortho intramolecular Hbond substituents is 1. The van der Waals surface area contributed by atoms with Crippen molar-refractivity contribution in [1.82, 2.24) is 9.88 Å². The molecule has 7 heteroatoms. The maximum atomic E-state index is 12.8. The zero-order valence-electron chi connectivity index (χ0n) is 18.1. The van der Waals surface area contributed by atoms with Crippen molar-refractivity contribution in [3.05, 3.63) is 65.2 Å². The van der Waals surface area contributed by atoms with Gasteiger partial charge in [0.25, 0.3) is 0 Å². The summed E-state index contributed by atoms with van der Waals surface area (Å²) in [6.45, 7) is 3.23. The second-order valence-corrected chi connectivity index (χ2v) is 8.89. The van der Waals surface area contributed by atoms with Crippen LogP contribution in [0.2, 0.25) is 0 Å². The molecule has 2 aromatic carbocycles. The average molecular weight is 450 g/mol. The van der Waals surface area contributed by atoms with Gasteiger partial charge in [-0.2, -0.15) is 0 Å². The van der Waals surface area contributed by atoms with Crippen molar-refractivity contribution >= 4 is 28.8 Å². The topological polar surface area (TPSA) is 82.5 Å². The molecule has 6 nitrogen and oxygen atoms in total. The summed E-state index contributed by atoms with van der Waals surface area (Å²) in [5.74, 6) is -0.187. The number of para-hydroxylation sites is 2. The highest BCUT2D eigenvalue weighted by Gasteiger charge is 2.28. The minimum atomic E-state index is -0.171. The average Bonchev–Trinajstić information content (AvgIpc) is 3.29. The van der Waals surface area contributed by atoms with Gasteiger partial charge in [-0.15, -0.1) is 11.3 Å². The molecule has 1 fully saturated rings. The van der Waals surface area contributed by atoms with E-state index in [0.29, 0.717) is 31.6 Å². The lowest BCUT2D eigenvalue weighted by Crippen LogP contribution is -2.42. The van der Waals surface area contributed by atoms with Gasteiger partial charge in [0.15, 0.2) is 0 Å². The molecule has 1 saturated heterocycles. The second-order valence-electron chi connectivity index (χ2n) is 8.03. The van der Waals surface area contributed by atoms with Crippen molar-refractivity contribution in [3.8, 4) is 16.3 Å². The van der Waals surface area contributed by atoms with Crippen LogP contribution in [-0.4, -0.2) is 39.9 Å². The van der Waals surface area contributed by atoms with Crippen molar-refractivity contribution in [2.24, 2.45) is 5.92 Å². The molecule has 1 aliphatic heterocycles. The summed E-state index contributed by atoms with van der Waals surface area (Å²) < 4.78 is 0. The summed E-state index contributed by atoms with van der Waals surface area (Å²) in [5.41, 5.74) is 3.56. The summed E-state index contributed by atoms with van der Waals surface area (Å²) in [6, 6.07) is 15.1. The van der Waals surface area contributed by atoms with Gasteiger partial charge >= 0.3 is 0 Å². The fourth-order valence-electron chi connectivity index (χ4n) is 3.88. The molecule has 2 N–H and O–H groups in total. The third-order valence-electron chi connectivity index (χ3n) is 5.87. The molecule has 2 amide bonds. The van der Waals surface area contributed by atoms with E-state index in [2.05, 4.69) is 41.5 Å². The van der Waals surface area contributed by atoms with Crippen LogP contribution in [-0.2, 0) is 22.4 Å². The highest BCUT2D eigenvalue weighted by molar-refractivity contribution is 7.13. The molecular weight excluding hydrogens is 422 g/mol. The van der Waals surface area contributed by atoms with Crippen LogP contribution < -0.4 is 5.32 Å². The summed E-state index contributed by atoms with van der Waals surface area (Å²) in [4.78, 5) is 31.8. The van der Waals surface area contributed by atoms with Gasteiger partial charge in [0, 0.05) is 30.0 Å². The third-order valence-corrected chi connectivity index (χ3v) is 6.81. The van der Waals surface area contributed by atoms with Crippen molar-refractivity contribution in [2.45, 2.75) is 32.6 Å². The summed E-state index contributed by atoms with van der Waals surface area (Å²) in [5, 5.41) is 15.5. The normalized spacial score (nSPS) is 14.3. The molecule has 3 aromatic rings. The number of nitrogens with one attached hydrogen (secondary N) is 1. The molecule has 0 bridgehead atoms. The molecular formula is C25H27N3O3S. The number of rotatable bonds is 6. The van der Waals surface area contributed by atoms with Crippen LogP contribution in [0.1, 0.15) is 31.0 Å². The number of phenols is 1. The van der Waals surface area contributed by atoms with Gasteiger partial charge in [-0.1, -0.05) is 43.3 Å². The number of piperidine rings is 1. The van der Waals surface area contributed by atoms with Gasteiger partial charge in [-0.25, -0.2) is 4.98 Å². The van der Waals surface area contributed by atoms with Crippen LogP contribution in [0.3, 0.4) is 0 Å². The van der Waals surface area contributed by atoms with Crippen LogP contribution in [0.4, 0.5) is 5.69 Å². The molecule has 166 valence electrons. The number of carbonyl (C=O) groups excluding carboxylic acids is 2. The van der Waals surface area contributed by atoms with E-state index >= 15 is 0 Å². The number of aryl methyl sites for hydroxylation is 1. The van der Waals surface area contributed by atoms with Crippen LogP contribution in [0.15, 0.2) is 53.9 Å². The Kier molecular flexibility index (Phi) is 6.85. The van der Waals surface area contributed by atoms with Gasteiger partial charge in [0.1, 0.15) is 10.8 Å². The minimum absolute atomic E-state index is 0.0442. The Hall–Kier alpha value is -3.19. The van der Waals surface area contributed by atoms with Crippen molar-refractivity contribution in [1.29, 1.82) is 0 Å². The SMILES string of the molecule is CCc1ccc(-c2nc(CC(=O)N3CCC(C(=O)Nc4ccccc4O)CC3)cs2)cc1. The quantitative estimate of drug-likeness (QED) is 0.543. The van der Waals surface area contributed by atoms with Gasteiger partial charge in [-0.3, -0.25) is 9.59 Å². The van der Waals surface area contributed by atoms with E-state index in [1.165, 1.54) is 5.56 Å². The first kappa shape index (κ1) is 22.0. The van der Waals surface area contributed by atoms with Crippen LogP contribution in [0, 0.1) is 5.92 Å². The van der Waals surface area contributed by atoms with Gasteiger partial charge < -0.3 is 15.3 Å². The first-order valence-corrected chi connectivity index (χ1v) is 11.8. The molecule has 0 spiro atoms. The smallest absolute Gasteiger partial charge is 0.228 e. The fourth-order valence-corrected chi connectivity index (χ4v) is 4.70. The first-order valence-electron chi connectivity index (χ1n) is 10.9. The maximum Gasteiger partial charge on any atom is 0.228 e. The summed E-state index contributed by atoms with van der Waals surface area (Å²) in [6.07, 6.45) is 2.50. The molecule has 0 unspecified atom stereocenters. The molecule has 0 radical (unpaired) electrons. The van der Waals surface area contributed by atoms with Gasteiger partial charge in [-0.05, 0) is 37.0 Å². The van der Waals surface area contributed by atoms with E-state index in [4.69, 9.17) is 0 Å². The Morgan fingerprint density at radius 3 is 2.53 bits per heavy atom. The van der Waals surface area contributed by atoms with Crippen LogP contribution >= 0.6 is 11.3 Å². The molecule has 4 rings (SSSR count). The minimum Gasteiger partial charge on any atom is -0.506 e. The zero-order valence-corrected chi connectivity index (χ0v) is 18.9. The third kappa shape index (κ3) is 5.16. The number of carbonyl (C=O) groups is 2. The molecule has 0 aliphatic carbocycles. The largest absolute Gasteiger partial charge is 0.506 e. The van der Waals surface area contributed by atoms with Gasteiger partial charge in [0.05, 0.1) is 17.8 Å². The monoisotopic (exact) mass is 449 g/mol.